The molecule has 2 N–H and O–H groups in total. The van der Waals surface area contributed by atoms with E-state index in [1.54, 1.807) is 6.92 Å². The number of alkyl halides is 3. The highest BCUT2D eigenvalue weighted by molar-refractivity contribution is 5.78. The zero-order valence-electron chi connectivity index (χ0n) is 11.3. The molecule has 0 bridgehead atoms. The monoisotopic (exact) mass is 282 g/mol. The highest BCUT2D eigenvalue weighted by atomic mass is 19.4. The van der Waals surface area contributed by atoms with Crippen LogP contribution in [0, 0.1) is 0 Å². The van der Waals surface area contributed by atoms with Crippen LogP contribution < -0.4 is 5.32 Å². The van der Waals surface area contributed by atoms with Crippen LogP contribution in [0.1, 0.15) is 33.1 Å². The van der Waals surface area contributed by atoms with Crippen molar-refractivity contribution < 1.29 is 23.1 Å². The molecule has 7 heteroatoms. The average molecular weight is 282 g/mol. The van der Waals surface area contributed by atoms with Gasteiger partial charge in [-0.05, 0) is 32.7 Å². The summed E-state index contributed by atoms with van der Waals surface area (Å²) in [6.45, 7) is 2.93. The van der Waals surface area contributed by atoms with Crippen molar-refractivity contribution in [3.05, 3.63) is 0 Å². The lowest BCUT2D eigenvalue weighted by molar-refractivity contribution is -0.149. The Labute approximate surface area is 111 Å². The summed E-state index contributed by atoms with van der Waals surface area (Å²) < 4.78 is 37.3. The van der Waals surface area contributed by atoms with Gasteiger partial charge in [-0.15, -0.1) is 0 Å². The predicted octanol–water partition coefficient (Wildman–Crippen LogP) is 1.86. The van der Waals surface area contributed by atoms with Gasteiger partial charge in [0, 0.05) is 12.6 Å². The Morgan fingerprint density at radius 3 is 2.37 bits per heavy atom. The van der Waals surface area contributed by atoms with Crippen LogP contribution in [0.5, 0.6) is 0 Å². The van der Waals surface area contributed by atoms with Gasteiger partial charge in [0.15, 0.2) is 0 Å². The second-order valence-electron chi connectivity index (χ2n) is 5.23. The van der Waals surface area contributed by atoms with Crippen LogP contribution in [0.15, 0.2) is 0 Å². The zero-order chi connectivity index (χ0) is 14.7. The Kier molecular flexibility index (Phi) is 5.20. The van der Waals surface area contributed by atoms with Gasteiger partial charge in [-0.2, -0.15) is 13.2 Å². The minimum absolute atomic E-state index is 0.0405. The van der Waals surface area contributed by atoms with Gasteiger partial charge in [-0.1, -0.05) is 6.92 Å². The first-order valence-electron chi connectivity index (χ1n) is 6.47. The third kappa shape index (κ3) is 5.36. The van der Waals surface area contributed by atoms with Gasteiger partial charge in [-0.3, -0.25) is 9.69 Å². The third-order valence-electron chi connectivity index (χ3n) is 3.38. The molecule has 0 radical (unpaired) electrons. The Morgan fingerprint density at radius 1 is 1.42 bits per heavy atom. The maximum Gasteiger partial charge on any atom is 0.401 e. The molecule has 0 aromatic carbocycles. The Morgan fingerprint density at radius 2 is 2.00 bits per heavy atom. The van der Waals surface area contributed by atoms with E-state index in [1.807, 2.05) is 0 Å². The van der Waals surface area contributed by atoms with E-state index in [4.69, 9.17) is 5.11 Å². The highest BCUT2D eigenvalue weighted by Gasteiger charge is 2.40. The lowest BCUT2D eigenvalue weighted by atomic mass is 9.97. The molecule has 0 aromatic rings. The number of rotatable bonds is 8. The van der Waals surface area contributed by atoms with E-state index in [-0.39, 0.29) is 19.0 Å². The van der Waals surface area contributed by atoms with Crippen LogP contribution >= 0.6 is 0 Å². The van der Waals surface area contributed by atoms with Gasteiger partial charge in [-0.25, -0.2) is 0 Å². The molecule has 1 rings (SSSR count). The van der Waals surface area contributed by atoms with Crippen molar-refractivity contribution in [3.63, 3.8) is 0 Å². The molecule has 0 aliphatic heterocycles. The summed E-state index contributed by atoms with van der Waals surface area (Å²) in [5, 5.41) is 12.0. The minimum Gasteiger partial charge on any atom is -0.480 e. The van der Waals surface area contributed by atoms with E-state index in [9.17, 15) is 18.0 Å². The second kappa shape index (κ2) is 6.09. The standard InChI is InChI=1S/C12H21F3N2O2/c1-3-16-11(2,10(18)19)6-7-17(9-4-5-9)8-12(13,14)15/h9,16H,3-8H2,1-2H3,(H,18,19). The predicted molar refractivity (Wildman–Crippen MR) is 65.0 cm³/mol. The van der Waals surface area contributed by atoms with Crippen molar-refractivity contribution in [2.75, 3.05) is 19.6 Å². The summed E-state index contributed by atoms with van der Waals surface area (Å²) in [5.74, 6) is -1.03. The number of hydrogen-bond donors (Lipinski definition) is 2. The van der Waals surface area contributed by atoms with Crippen molar-refractivity contribution in [1.82, 2.24) is 10.2 Å². The van der Waals surface area contributed by atoms with Crippen LogP contribution in [0.2, 0.25) is 0 Å². The molecule has 112 valence electrons. The fourth-order valence-electron chi connectivity index (χ4n) is 2.09. The van der Waals surface area contributed by atoms with E-state index in [2.05, 4.69) is 5.32 Å². The molecule has 1 unspecified atom stereocenters. The highest BCUT2D eigenvalue weighted by Crippen LogP contribution is 2.30. The topological polar surface area (TPSA) is 52.6 Å². The molecule has 19 heavy (non-hydrogen) atoms. The molecule has 1 atom stereocenters. The SMILES string of the molecule is CCNC(C)(CCN(CC(F)(F)F)C1CC1)C(=O)O. The molecule has 1 aliphatic rings. The Bertz CT molecular complexity index is 319. The second-order valence-corrected chi connectivity index (χ2v) is 5.23. The van der Waals surface area contributed by atoms with Crippen LogP contribution in [-0.4, -0.2) is 53.4 Å². The van der Waals surface area contributed by atoms with Crippen molar-refractivity contribution >= 4 is 5.97 Å². The number of nitrogens with zero attached hydrogens (tertiary/aromatic N) is 1. The molecule has 1 saturated carbocycles. The molecule has 4 nitrogen and oxygen atoms in total. The number of carboxylic acid groups (broad SMARTS) is 1. The average Bonchev–Trinajstić information content (AvgIpc) is 3.06. The van der Waals surface area contributed by atoms with Gasteiger partial charge in [0.1, 0.15) is 5.54 Å². The quantitative estimate of drug-likeness (QED) is 0.713. The van der Waals surface area contributed by atoms with E-state index in [0.717, 1.165) is 12.8 Å². The molecule has 1 aliphatic carbocycles. The summed E-state index contributed by atoms with van der Waals surface area (Å²) in [6.07, 6.45) is -2.55. The van der Waals surface area contributed by atoms with Gasteiger partial charge in [0.2, 0.25) is 0 Å². The number of carboxylic acids is 1. The number of hydrogen-bond acceptors (Lipinski definition) is 3. The van der Waals surface area contributed by atoms with Gasteiger partial charge >= 0.3 is 12.1 Å². The van der Waals surface area contributed by atoms with E-state index >= 15 is 0 Å². The molecule has 0 saturated heterocycles. The Balaban J connectivity index is 2.57. The largest absolute Gasteiger partial charge is 0.480 e. The van der Waals surface area contributed by atoms with E-state index in [1.165, 1.54) is 11.8 Å². The molecular formula is C12H21F3N2O2. The van der Waals surface area contributed by atoms with Crippen LogP contribution in [0.3, 0.4) is 0 Å². The number of halogens is 3. The maximum absolute atomic E-state index is 12.4. The summed E-state index contributed by atoms with van der Waals surface area (Å²) in [7, 11) is 0. The number of aliphatic carboxylic acids is 1. The van der Waals surface area contributed by atoms with Crippen molar-refractivity contribution in [3.8, 4) is 0 Å². The number of carbonyl (C=O) groups is 1. The van der Waals surface area contributed by atoms with Crippen molar-refractivity contribution in [1.29, 1.82) is 0 Å². The van der Waals surface area contributed by atoms with E-state index in [0.29, 0.717) is 6.54 Å². The molecule has 0 amide bonds. The fourth-order valence-corrected chi connectivity index (χ4v) is 2.09. The first-order valence-corrected chi connectivity index (χ1v) is 6.47. The first-order chi connectivity index (χ1) is 8.68. The maximum atomic E-state index is 12.4. The first kappa shape index (κ1) is 16.2. The minimum atomic E-state index is -4.24. The normalized spacial score (nSPS) is 19.5. The van der Waals surface area contributed by atoms with Crippen molar-refractivity contribution in [2.45, 2.75) is 50.9 Å². The van der Waals surface area contributed by atoms with Crippen molar-refractivity contribution in [2.24, 2.45) is 0 Å². The Hall–Kier alpha value is -0.820. The van der Waals surface area contributed by atoms with Gasteiger partial charge < -0.3 is 10.4 Å². The molecule has 0 aromatic heterocycles. The fraction of sp³-hybridized carbons (Fsp3) is 0.917. The van der Waals surface area contributed by atoms with Gasteiger partial charge in [0.25, 0.3) is 0 Å². The summed E-state index contributed by atoms with van der Waals surface area (Å²) in [5.41, 5.74) is -1.17. The van der Waals surface area contributed by atoms with Crippen LogP contribution in [0.25, 0.3) is 0 Å². The zero-order valence-corrected chi connectivity index (χ0v) is 11.3. The molecule has 0 spiro atoms. The third-order valence-corrected chi connectivity index (χ3v) is 3.38. The smallest absolute Gasteiger partial charge is 0.401 e. The van der Waals surface area contributed by atoms with Crippen LogP contribution in [-0.2, 0) is 4.79 Å². The lowest BCUT2D eigenvalue weighted by Crippen LogP contribution is -2.52. The summed E-state index contributed by atoms with van der Waals surface area (Å²) in [6, 6.07) is -0.0405. The van der Waals surface area contributed by atoms with Crippen LogP contribution in [0.4, 0.5) is 13.2 Å². The molecule has 0 heterocycles. The summed E-state index contributed by atoms with van der Waals surface area (Å²) in [4.78, 5) is 12.5. The van der Waals surface area contributed by atoms with Gasteiger partial charge in [0.05, 0.1) is 6.54 Å². The van der Waals surface area contributed by atoms with E-state index < -0.39 is 24.2 Å². The lowest BCUT2D eigenvalue weighted by Gasteiger charge is -2.30. The number of likely N-dealkylation sites (N-methyl/N-ethyl adjacent to an activating group) is 1. The molecular weight excluding hydrogens is 261 g/mol. The summed E-state index contributed by atoms with van der Waals surface area (Å²) >= 11 is 0. The number of nitrogens with one attached hydrogen (secondary N) is 1. The molecule has 1 fully saturated rings.